The van der Waals surface area contributed by atoms with Crippen molar-refractivity contribution in [3.63, 3.8) is 0 Å². The van der Waals surface area contributed by atoms with Gasteiger partial charge in [-0.15, -0.1) is 17.0 Å². The fraction of sp³-hybridized carbons (Fsp3) is 0.750. The predicted octanol–water partition coefficient (Wildman–Crippen LogP) is 0.643. The highest BCUT2D eigenvalue weighted by molar-refractivity contribution is 8.93. The van der Waals surface area contributed by atoms with Crippen LogP contribution in [0.2, 0.25) is 0 Å². The Balaban J connectivity index is 0. The third-order valence-electron chi connectivity index (χ3n) is 0.549. The Kier molecular flexibility index (Phi) is 9.01. The van der Waals surface area contributed by atoms with Crippen LogP contribution in [0.4, 0.5) is 4.79 Å². The highest BCUT2D eigenvalue weighted by Crippen LogP contribution is 1.66. The van der Waals surface area contributed by atoms with E-state index in [0.717, 1.165) is 6.42 Å². The molecule has 0 rings (SSSR count). The second kappa shape index (κ2) is 6.75. The molecule has 3 N–H and O–H groups in total. The molecular weight excluding hydrogens is 172 g/mol. The summed E-state index contributed by atoms with van der Waals surface area (Å²) in [7, 11) is 0. The van der Waals surface area contributed by atoms with Crippen molar-refractivity contribution in [2.24, 2.45) is 5.73 Å². The minimum Gasteiger partial charge on any atom is -0.352 e. The number of primary amides is 1. The molecule has 0 aromatic carbocycles. The van der Waals surface area contributed by atoms with E-state index in [0.29, 0.717) is 6.54 Å². The van der Waals surface area contributed by atoms with E-state index >= 15 is 0 Å². The fourth-order valence-electron chi connectivity index (χ4n) is 0.248. The number of nitrogens with one attached hydrogen (secondary N) is 1. The third-order valence-corrected chi connectivity index (χ3v) is 0.549. The van der Waals surface area contributed by atoms with Crippen LogP contribution in [0.3, 0.4) is 0 Å². The molecule has 0 saturated carbocycles. The Morgan fingerprint density at radius 2 is 2.25 bits per heavy atom. The molecule has 8 heavy (non-hydrogen) atoms. The Bertz CT molecular complexity index is 67.1. The van der Waals surface area contributed by atoms with E-state index in [-0.39, 0.29) is 17.0 Å². The number of carbonyl (C=O) groups is 1. The lowest BCUT2D eigenvalue weighted by Gasteiger charge is -1.93. The topological polar surface area (TPSA) is 55.1 Å². The van der Waals surface area contributed by atoms with Gasteiger partial charge in [-0.25, -0.2) is 4.79 Å². The number of halogens is 1. The molecule has 0 aliphatic carbocycles. The number of amides is 2. The first kappa shape index (κ1) is 10.7. The van der Waals surface area contributed by atoms with Crippen molar-refractivity contribution < 1.29 is 4.79 Å². The van der Waals surface area contributed by atoms with Gasteiger partial charge in [-0.1, -0.05) is 6.92 Å². The van der Waals surface area contributed by atoms with E-state index in [9.17, 15) is 4.79 Å². The lowest BCUT2D eigenvalue weighted by Crippen LogP contribution is -2.29. The molecule has 0 aliphatic rings. The highest BCUT2D eigenvalue weighted by Gasteiger charge is 1.83. The average Bonchev–Trinajstić information content (AvgIpc) is 1.61. The van der Waals surface area contributed by atoms with Crippen molar-refractivity contribution in [1.29, 1.82) is 0 Å². The van der Waals surface area contributed by atoms with Gasteiger partial charge in [0.1, 0.15) is 0 Å². The first-order chi connectivity index (χ1) is 3.27. The van der Waals surface area contributed by atoms with Crippen molar-refractivity contribution in [3.8, 4) is 0 Å². The summed E-state index contributed by atoms with van der Waals surface area (Å²) >= 11 is 0. The number of hydrogen-bond donors (Lipinski definition) is 2. The maximum atomic E-state index is 9.87. The van der Waals surface area contributed by atoms with Gasteiger partial charge in [-0.05, 0) is 6.42 Å². The summed E-state index contributed by atoms with van der Waals surface area (Å²) in [4.78, 5) is 9.87. The fourth-order valence-corrected chi connectivity index (χ4v) is 0.248. The van der Waals surface area contributed by atoms with Crippen molar-refractivity contribution in [2.75, 3.05) is 6.54 Å². The maximum absolute atomic E-state index is 9.87. The van der Waals surface area contributed by atoms with Gasteiger partial charge in [0.05, 0.1) is 0 Å². The zero-order valence-electron chi connectivity index (χ0n) is 4.81. The SMILES string of the molecule is Br.CCCNC(N)=O. The molecule has 4 heteroatoms. The van der Waals surface area contributed by atoms with Crippen LogP contribution in [0.5, 0.6) is 0 Å². The molecule has 50 valence electrons. The van der Waals surface area contributed by atoms with Crippen molar-refractivity contribution in [2.45, 2.75) is 13.3 Å². The quantitative estimate of drug-likeness (QED) is 0.648. The van der Waals surface area contributed by atoms with Crippen LogP contribution < -0.4 is 11.1 Å². The van der Waals surface area contributed by atoms with Crippen LogP contribution >= 0.6 is 17.0 Å². The van der Waals surface area contributed by atoms with Gasteiger partial charge in [-0.3, -0.25) is 0 Å². The van der Waals surface area contributed by atoms with E-state index in [1.165, 1.54) is 0 Å². The molecule has 3 nitrogen and oxygen atoms in total. The summed E-state index contributed by atoms with van der Waals surface area (Å²) in [5.41, 5.74) is 4.73. The number of rotatable bonds is 2. The lowest BCUT2D eigenvalue weighted by atomic mass is 10.5. The van der Waals surface area contributed by atoms with E-state index in [2.05, 4.69) is 5.32 Å². The van der Waals surface area contributed by atoms with Crippen LogP contribution in [-0.4, -0.2) is 12.6 Å². The van der Waals surface area contributed by atoms with Gasteiger partial charge in [-0.2, -0.15) is 0 Å². The van der Waals surface area contributed by atoms with E-state index in [1.54, 1.807) is 0 Å². The summed E-state index contributed by atoms with van der Waals surface area (Å²) in [6.07, 6.45) is 0.933. The number of hydrogen-bond acceptors (Lipinski definition) is 1. The Morgan fingerprint density at radius 1 is 1.75 bits per heavy atom. The van der Waals surface area contributed by atoms with Gasteiger partial charge in [0.2, 0.25) is 0 Å². The maximum Gasteiger partial charge on any atom is 0.312 e. The van der Waals surface area contributed by atoms with Crippen LogP contribution in [0.1, 0.15) is 13.3 Å². The zero-order valence-corrected chi connectivity index (χ0v) is 6.52. The Hall–Kier alpha value is -0.250. The normalized spacial score (nSPS) is 7.12. The Morgan fingerprint density at radius 3 is 2.38 bits per heavy atom. The minimum absolute atomic E-state index is 0. The van der Waals surface area contributed by atoms with E-state index < -0.39 is 6.03 Å². The van der Waals surface area contributed by atoms with Crippen LogP contribution in [0, 0.1) is 0 Å². The largest absolute Gasteiger partial charge is 0.352 e. The second-order valence-electron chi connectivity index (χ2n) is 1.29. The van der Waals surface area contributed by atoms with Gasteiger partial charge in [0.15, 0.2) is 0 Å². The van der Waals surface area contributed by atoms with Gasteiger partial charge in [0, 0.05) is 6.54 Å². The van der Waals surface area contributed by atoms with Crippen LogP contribution in [0.25, 0.3) is 0 Å². The summed E-state index contributed by atoms with van der Waals surface area (Å²) < 4.78 is 0. The Labute approximate surface area is 59.4 Å². The first-order valence-corrected chi connectivity index (χ1v) is 2.30. The highest BCUT2D eigenvalue weighted by atomic mass is 79.9. The monoisotopic (exact) mass is 182 g/mol. The zero-order chi connectivity index (χ0) is 5.70. The molecule has 0 bridgehead atoms. The number of carbonyl (C=O) groups excluding carboxylic acids is 1. The van der Waals surface area contributed by atoms with Crippen molar-refractivity contribution >= 4 is 23.0 Å². The summed E-state index contributed by atoms with van der Waals surface area (Å²) in [6.45, 7) is 2.64. The molecule has 0 aromatic heterocycles. The van der Waals surface area contributed by atoms with Crippen LogP contribution in [-0.2, 0) is 0 Å². The van der Waals surface area contributed by atoms with Gasteiger partial charge in [0.25, 0.3) is 0 Å². The first-order valence-electron chi connectivity index (χ1n) is 2.30. The van der Waals surface area contributed by atoms with Crippen LogP contribution in [0.15, 0.2) is 0 Å². The molecule has 0 saturated heterocycles. The molecule has 0 radical (unpaired) electrons. The summed E-state index contributed by atoms with van der Waals surface area (Å²) in [5, 5.41) is 2.43. The van der Waals surface area contributed by atoms with Crippen molar-refractivity contribution in [3.05, 3.63) is 0 Å². The summed E-state index contributed by atoms with van der Waals surface area (Å²) in [5.74, 6) is 0. The molecule has 0 fully saturated rings. The predicted molar refractivity (Wildman–Crippen MR) is 38.2 cm³/mol. The molecule has 0 spiro atoms. The molecule has 0 aliphatic heterocycles. The summed E-state index contributed by atoms with van der Waals surface area (Å²) in [6, 6.07) is -0.443. The molecule has 2 amide bonds. The molecule has 0 atom stereocenters. The number of urea groups is 1. The van der Waals surface area contributed by atoms with Gasteiger partial charge >= 0.3 is 6.03 Å². The average molecular weight is 183 g/mol. The molecule has 0 heterocycles. The lowest BCUT2D eigenvalue weighted by molar-refractivity contribution is 0.249. The van der Waals surface area contributed by atoms with E-state index in [1.807, 2.05) is 6.92 Å². The van der Waals surface area contributed by atoms with Gasteiger partial charge < -0.3 is 11.1 Å². The third kappa shape index (κ3) is 9.23. The minimum atomic E-state index is -0.443. The molecule has 0 aromatic rings. The number of nitrogens with two attached hydrogens (primary N) is 1. The standard InChI is InChI=1S/C4H10N2O.BrH/c1-2-3-6-4(5)7;/h2-3H2,1H3,(H3,5,6,7);1H. The van der Waals surface area contributed by atoms with E-state index in [4.69, 9.17) is 5.73 Å². The van der Waals surface area contributed by atoms with Crippen molar-refractivity contribution in [1.82, 2.24) is 5.32 Å². The molecular formula is C4H11BrN2O. The molecule has 0 unspecified atom stereocenters. The second-order valence-corrected chi connectivity index (χ2v) is 1.29. The smallest absolute Gasteiger partial charge is 0.312 e.